The molecule has 0 radical (unpaired) electrons. The van der Waals surface area contributed by atoms with Gasteiger partial charge in [0.1, 0.15) is 17.6 Å². The highest BCUT2D eigenvalue weighted by molar-refractivity contribution is 7.92. The molecule has 0 saturated heterocycles. The molecule has 2 aromatic rings. The van der Waals surface area contributed by atoms with E-state index >= 15 is 0 Å². The van der Waals surface area contributed by atoms with Gasteiger partial charge in [-0.15, -0.1) is 0 Å². The van der Waals surface area contributed by atoms with Gasteiger partial charge in [-0.3, -0.25) is 9.10 Å². The molecule has 0 aliphatic rings. The van der Waals surface area contributed by atoms with E-state index in [9.17, 15) is 17.6 Å². The molecule has 0 unspecified atom stereocenters. The number of carbonyl (C=O) groups is 1. The van der Waals surface area contributed by atoms with E-state index in [2.05, 4.69) is 5.32 Å². The first-order chi connectivity index (χ1) is 13.1. The number of anilines is 2. The van der Waals surface area contributed by atoms with Crippen LogP contribution in [0.5, 0.6) is 5.75 Å². The molecule has 0 heterocycles. The van der Waals surface area contributed by atoms with Crippen molar-refractivity contribution in [1.29, 1.82) is 0 Å². The summed E-state index contributed by atoms with van der Waals surface area (Å²) in [7, 11) is -2.46. The minimum atomic E-state index is -3.89. The standard InChI is InChI=1S/C18H19Cl2FN2O4S/c1-4-16(18(24)22-15-9-11(19)5-8-17(15)27-2)23(28(3,25)26)12-6-7-14(21)13(20)10-12/h5-10,16H,4H2,1-3H3,(H,22,24)/t16-/m1/s1. The zero-order chi connectivity index (χ0) is 21.1. The fraction of sp³-hybridized carbons (Fsp3) is 0.278. The fourth-order valence-electron chi connectivity index (χ4n) is 2.68. The molecule has 0 aliphatic carbocycles. The van der Waals surface area contributed by atoms with Crippen LogP contribution in [0.25, 0.3) is 0 Å². The molecule has 152 valence electrons. The lowest BCUT2D eigenvalue weighted by atomic mass is 10.1. The predicted molar refractivity (Wildman–Crippen MR) is 109 cm³/mol. The highest BCUT2D eigenvalue weighted by Gasteiger charge is 2.32. The van der Waals surface area contributed by atoms with Gasteiger partial charge in [0.15, 0.2) is 0 Å². The van der Waals surface area contributed by atoms with E-state index in [-0.39, 0.29) is 17.1 Å². The average molecular weight is 449 g/mol. The largest absolute Gasteiger partial charge is 0.495 e. The Morgan fingerprint density at radius 1 is 1.25 bits per heavy atom. The molecular weight excluding hydrogens is 430 g/mol. The van der Waals surface area contributed by atoms with E-state index < -0.39 is 27.8 Å². The van der Waals surface area contributed by atoms with Crippen molar-refractivity contribution in [2.24, 2.45) is 0 Å². The van der Waals surface area contributed by atoms with Crippen LogP contribution < -0.4 is 14.4 Å². The van der Waals surface area contributed by atoms with E-state index in [0.717, 1.165) is 22.7 Å². The van der Waals surface area contributed by atoms with Gasteiger partial charge >= 0.3 is 0 Å². The molecule has 0 aromatic heterocycles. The van der Waals surface area contributed by atoms with E-state index in [4.69, 9.17) is 27.9 Å². The molecule has 0 bridgehead atoms. The van der Waals surface area contributed by atoms with Gasteiger partial charge in [-0.1, -0.05) is 30.1 Å². The van der Waals surface area contributed by atoms with Crippen molar-refractivity contribution in [2.75, 3.05) is 23.0 Å². The molecule has 0 saturated carbocycles. The minimum Gasteiger partial charge on any atom is -0.495 e. The minimum absolute atomic E-state index is 0.0777. The third-order valence-corrected chi connectivity index (χ3v) is 5.61. The molecule has 10 heteroatoms. The first-order valence-electron chi connectivity index (χ1n) is 8.17. The van der Waals surface area contributed by atoms with Crippen molar-refractivity contribution in [3.8, 4) is 5.75 Å². The molecule has 1 N–H and O–H groups in total. The van der Waals surface area contributed by atoms with Crippen LogP contribution in [0, 0.1) is 5.82 Å². The van der Waals surface area contributed by atoms with Crippen LogP contribution in [0.4, 0.5) is 15.8 Å². The van der Waals surface area contributed by atoms with Crippen molar-refractivity contribution in [2.45, 2.75) is 19.4 Å². The number of sulfonamides is 1. The Balaban J connectivity index is 2.45. The maximum Gasteiger partial charge on any atom is 0.248 e. The second-order valence-electron chi connectivity index (χ2n) is 5.92. The summed E-state index contributed by atoms with van der Waals surface area (Å²) in [5.41, 5.74) is 0.373. The zero-order valence-corrected chi connectivity index (χ0v) is 17.7. The maximum atomic E-state index is 13.5. The van der Waals surface area contributed by atoms with Gasteiger partial charge in [0, 0.05) is 5.02 Å². The van der Waals surface area contributed by atoms with Crippen LogP contribution in [0.3, 0.4) is 0 Å². The van der Waals surface area contributed by atoms with Gasteiger partial charge in [0.05, 0.1) is 29.8 Å². The third-order valence-electron chi connectivity index (χ3n) is 3.91. The fourth-order valence-corrected chi connectivity index (χ4v) is 4.23. The van der Waals surface area contributed by atoms with Crippen LogP contribution in [-0.4, -0.2) is 33.7 Å². The smallest absolute Gasteiger partial charge is 0.248 e. The average Bonchev–Trinajstić information content (AvgIpc) is 2.61. The summed E-state index contributed by atoms with van der Waals surface area (Å²) >= 11 is 11.8. The monoisotopic (exact) mass is 448 g/mol. The summed E-state index contributed by atoms with van der Waals surface area (Å²) in [5, 5.41) is 2.76. The van der Waals surface area contributed by atoms with Crippen LogP contribution in [-0.2, 0) is 14.8 Å². The van der Waals surface area contributed by atoms with Gasteiger partial charge in [0.25, 0.3) is 0 Å². The molecular formula is C18H19Cl2FN2O4S. The van der Waals surface area contributed by atoms with Crippen molar-refractivity contribution >= 4 is 50.5 Å². The number of carbonyl (C=O) groups excluding carboxylic acids is 1. The lowest BCUT2D eigenvalue weighted by Gasteiger charge is -2.30. The third kappa shape index (κ3) is 5.06. The number of halogens is 3. The van der Waals surface area contributed by atoms with Crippen LogP contribution in [0.1, 0.15) is 13.3 Å². The van der Waals surface area contributed by atoms with Crippen LogP contribution in [0.2, 0.25) is 10.0 Å². The van der Waals surface area contributed by atoms with Crippen molar-refractivity contribution in [1.82, 2.24) is 0 Å². The van der Waals surface area contributed by atoms with E-state index in [1.807, 2.05) is 0 Å². The van der Waals surface area contributed by atoms with Gasteiger partial charge in [-0.2, -0.15) is 0 Å². The highest BCUT2D eigenvalue weighted by Crippen LogP contribution is 2.30. The van der Waals surface area contributed by atoms with Crippen molar-refractivity contribution in [3.63, 3.8) is 0 Å². The summed E-state index contributed by atoms with van der Waals surface area (Å²) in [6.07, 6.45) is 1.11. The second-order valence-corrected chi connectivity index (χ2v) is 8.62. The Morgan fingerprint density at radius 3 is 2.46 bits per heavy atom. The molecule has 6 nitrogen and oxygen atoms in total. The quantitative estimate of drug-likeness (QED) is 0.683. The number of hydrogen-bond acceptors (Lipinski definition) is 4. The number of hydrogen-bond donors (Lipinski definition) is 1. The van der Waals surface area contributed by atoms with Crippen molar-refractivity contribution < 1.29 is 22.3 Å². The van der Waals surface area contributed by atoms with E-state index in [1.165, 1.54) is 19.2 Å². The number of ether oxygens (including phenoxy) is 1. The van der Waals surface area contributed by atoms with Crippen LogP contribution in [0.15, 0.2) is 36.4 Å². The van der Waals surface area contributed by atoms with Gasteiger partial charge in [-0.05, 0) is 42.8 Å². The summed E-state index contributed by atoms with van der Waals surface area (Å²) < 4.78 is 44.5. The molecule has 1 atom stereocenters. The summed E-state index contributed by atoms with van der Waals surface area (Å²) in [6.45, 7) is 1.66. The number of nitrogens with zero attached hydrogens (tertiary/aromatic N) is 1. The van der Waals surface area contributed by atoms with Crippen LogP contribution >= 0.6 is 23.2 Å². The first-order valence-corrected chi connectivity index (χ1v) is 10.8. The Morgan fingerprint density at radius 2 is 1.93 bits per heavy atom. The number of amides is 1. The number of benzene rings is 2. The lowest BCUT2D eigenvalue weighted by Crippen LogP contribution is -2.47. The predicted octanol–water partition coefficient (Wildman–Crippen LogP) is 4.32. The summed E-state index contributed by atoms with van der Waals surface area (Å²) in [6, 6.07) is 7.00. The van der Waals surface area contributed by atoms with E-state index in [0.29, 0.717) is 16.5 Å². The molecule has 2 aromatic carbocycles. The molecule has 0 aliphatic heterocycles. The molecule has 1 amide bonds. The van der Waals surface area contributed by atoms with E-state index in [1.54, 1.807) is 19.1 Å². The number of rotatable bonds is 7. The number of nitrogens with one attached hydrogen (secondary N) is 1. The SMILES string of the molecule is CC[C@H](C(=O)Nc1cc(Cl)ccc1OC)N(c1ccc(F)c(Cl)c1)S(C)(=O)=O. The first kappa shape index (κ1) is 22.3. The van der Waals surface area contributed by atoms with Crippen molar-refractivity contribution in [3.05, 3.63) is 52.3 Å². The maximum absolute atomic E-state index is 13.5. The highest BCUT2D eigenvalue weighted by atomic mass is 35.5. The lowest BCUT2D eigenvalue weighted by molar-refractivity contribution is -0.117. The topological polar surface area (TPSA) is 75.7 Å². The second kappa shape index (κ2) is 8.98. The summed E-state index contributed by atoms with van der Waals surface area (Å²) in [4.78, 5) is 12.9. The Kier molecular flexibility index (Phi) is 7.14. The Bertz CT molecular complexity index is 986. The Hall–Kier alpha value is -2.03. The molecule has 0 spiro atoms. The molecule has 2 rings (SSSR count). The Labute approximate surface area is 173 Å². The van der Waals surface area contributed by atoms with Gasteiger partial charge in [-0.25, -0.2) is 12.8 Å². The van der Waals surface area contributed by atoms with Gasteiger partial charge < -0.3 is 10.1 Å². The summed E-state index contributed by atoms with van der Waals surface area (Å²) in [5.74, 6) is -0.933. The van der Waals surface area contributed by atoms with Gasteiger partial charge in [0.2, 0.25) is 15.9 Å². The number of methoxy groups -OCH3 is 1. The normalized spacial score (nSPS) is 12.4. The molecule has 28 heavy (non-hydrogen) atoms. The molecule has 0 fully saturated rings. The zero-order valence-electron chi connectivity index (χ0n) is 15.4.